The van der Waals surface area contributed by atoms with E-state index in [2.05, 4.69) is 6.58 Å². The van der Waals surface area contributed by atoms with Crippen LogP contribution in [0.1, 0.15) is 78.1 Å². The zero-order valence-corrected chi connectivity index (χ0v) is 26.8. The zero-order valence-electron chi connectivity index (χ0n) is 26.8. The molecule has 3 aromatic carbocycles. The quantitative estimate of drug-likeness (QED) is 0.129. The Labute approximate surface area is 275 Å². The molecule has 1 aliphatic rings. The molecule has 1 unspecified atom stereocenters. The molecule has 1 fully saturated rings. The molecule has 0 bridgehead atoms. The van der Waals surface area contributed by atoms with Gasteiger partial charge in [-0.25, -0.2) is 9.18 Å². The van der Waals surface area contributed by atoms with Crippen LogP contribution < -0.4 is 0 Å². The first-order valence-corrected chi connectivity index (χ1v) is 15.3. The van der Waals surface area contributed by atoms with Gasteiger partial charge in [0.25, 0.3) is 0 Å². The molecule has 0 spiro atoms. The van der Waals surface area contributed by atoms with Crippen LogP contribution in [0.3, 0.4) is 0 Å². The van der Waals surface area contributed by atoms with E-state index in [0.717, 1.165) is 10.5 Å². The molecule has 1 heterocycles. The van der Waals surface area contributed by atoms with Crippen molar-refractivity contribution in [1.29, 1.82) is 0 Å². The molecular weight excluding hydrogens is 641 g/mol. The molecule has 0 radical (unpaired) electrons. The average Bonchev–Trinajstić information content (AvgIpc) is 3.02. The highest BCUT2D eigenvalue weighted by Gasteiger charge is 2.45. The second-order valence-corrected chi connectivity index (χ2v) is 12.4. The molecule has 2 amide bonds. The fraction of sp³-hybridized carbons (Fsp3) is 0.389. The van der Waals surface area contributed by atoms with E-state index < -0.39 is 58.8 Å². The number of carbonyl (C=O) groups excluding carboxylic acids is 2. The summed E-state index contributed by atoms with van der Waals surface area (Å²) in [5.74, 6) is -0.951. The van der Waals surface area contributed by atoms with Crippen molar-refractivity contribution in [2.75, 3.05) is 13.6 Å². The Balaban J connectivity index is 1.65. The maximum Gasteiger partial charge on any atom is 0.416 e. The van der Waals surface area contributed by atoms with Crippen LogP contribution in [0.5, 0.6) is 0 Å². The fourth-order valence-electron chi connectivity index (χ4n) is 6.29. The van der Waals surface area contributed by atoms with Gasteiger partial charge >= 0.3 is 24.4 Å². The molecule has 4 rings (SSSR count). The van der Waals surface area contributed by atoms with E-state index in [1.807, 2.05) is 30.3 Å². The van der Waals surface area contributed by atoms with Crippen LogP contribution in [-0.4, -0.2) is 35.4 Å². The summed E-state index contributed by atoms with van der Waals surface area (Å²) in [6.45, 7) is 7.05. The lowest BCUT2D eigenvalue weighted by Gasteiger charge is -2.48. The van der Waals surface area contributed by atoms with Crippen LogP contribution in [0.15, 0.2) is 79.4 Å². The summed E-state index contributed by atoms with van der Waals surface area (Å²) < 4.78 is 101. The minimum atomic E-state index is -5.05. The lowest BCUT2D eigenvalue weighted by atomic mass is 9.69. The lowest BCUT2D eigenvalue weighted by Crippen LogP contribution is -2.50. The minimum Gasteiger partial charge on any atom is -0.461 e. The van der Waals surface area contributed by atoms with Crippen LogP contribution in [0.4, 0.5) is 35.5 Å². The minimum absolute atomic E-state index is 0.00131. The van der Waals surface area contributed by atoms with Gasteiger partial charge in [0.15, 0.2) is 0 Å². The molecule has 0 aliphatic carbocycles. The number of halogens is 7. The number of benzene rings is 3. The largest absolute Gasteiger partial charge is 0.461 e. The fourth-order valence-corrected chi connectivity index (χ4v) is 6.29. The van der Waals surface area contributed by atoms with Crippen molar-refractivity contribution in [2.24, 2.45) is 5.41 Å². The molecule has 0 aromatic heterocycles. The summed E-state index contributed by atoms with van der Waals surface area (Å²) in [5, 5.41) is 0. The van der Waals surface area contributed by atoms with Gasteiger partial charge in [0.1, 0.15) is 12.4 Å². The summed E-state index contributed by atoms with van der Waals surface area (Å²) in [5.41, 5.74) is -2.08. The van der Waals surface area contributed by atoms with Crippen LogP contribution in [0, 0.1) is 18.2 Å². The van der Waals surface area contributed by atoms with Gasteiger partial charge < -0.3 is 14.5 Å². The number of nitrogens with zero attached hydrogens (tertiary/aromatic N) is 2. The summed E-state index contributed by atoms with van der Waals surface area (Å²) in [4.78, 5) is 29.8. The third-order valence-corrected chi connectivity index (χ3v) is 9.04. The van der Waals surface area contributed by atoms with E-state index in [1.165, 1.54) is 31.0 Å². The summed E-state index contributed by atoms with van der Waals surface area (Å²) >= 11 is 0. The lowest BCUT2D eigenvalue weighted by molar-refractivity contribution is -0.149. The van der Waals surface area contributed by atoms with Gasteiger partial charge in [-0.3, -0.25) is 4.79 Å². The van der Waals surface area contributed by atoms with Crippen molar-refractivity contribution in [3.63, 3.8) is 0 Å². The van der Waals surface area contributed by atoms with Crippen molar-refractivity contribution in [3.8, 4) is 0 Å². The Hall–Kier alpha value is -4.35. The molecule has 1 aliphatic heterocycles. The van der Waals surface area contributed by atoms with Gasteiger partial charge in [0.2, 0.25) is 0 Å². The SMILES string of the molecule is C=CC[C@]1(CC(=O)OCc2ccccc2)CCN(C(=O)N(C)C(C)c2cc(C(F)(F)F)cc(C(F)(F)F)c2)[C@@H](c2ccc(F)cc2C)C1. The number of ether oxygens (including phenoxy) is 1. The highest BCUT2D eigenvalue weighted by molar-refractivity contribution is 5.76. The summed E-state index contributed by atoms with van der Waals surface area (Å²) in [7, 11) is 1.31. The Morgan fingerprint density at radius 3 is 2.21 bits per heavy atom. The number of hydrogen-bond acceptors (Lipinski definition) is 3. The molecular formula is C36H37F7N2O3. The van der Waals surface area contributed by atoms with Gasteiger partial charge in [-0.05, 0) is 91.1 Å². The highest BCUT2D eigenvalue weighted by atomic mass is 19.4. The van der Waals surface area contributed by atoms with Gasteiger partial charge in [-0.1, -0.05) is 42.5 Å². The Kier molecular flexibility index (Phi) is 11.0. The molecule has 0 saturated carbocycles. The van der Waals surface area contributed by atoms with Crippen molar-refractivity contribution in [1.82, 2.24) is 9.80 Å². The predicted molar refractivity (Wildman–Crippen MR) is 166 cm³/mol. The normalized spacial score (nSPS) is 19.0. The van der Waals surface area contributed by atoms with E-state index in [4.69, 9.17) is 4.74 Å². The predicted octanol–water partition coefficient (Wildman–Crippen LogP) is 9.82. The van der Waals surface area contributed by atoms with Gasteiger partial charge in [0.05, 0.1) is 29.6 Å². The van der Waals surface area contributed by atoms with Crippen molar-refractivity contribution < 1.29 is 45.1 Å². The van der Waals surface area contributed by atoms with E-state index >= 15 is 0 Å². The van der Waals surface area contributed by atoms with Gasteiger partial charge in [-0.15, -0.1) is 6.58 Å². The van der Waals surface area contributed by atoms with Crippen molar-refractivity contribution >= 4 is 12.0 Å². The highest BCUT2D eigenvalue weighted by Crippen LogP contribution is 2.48. The molecule has 0 N–H and O–H groups in total. The van der Waals surface area contributed by atoms with Gasteiger partial charge in [0, 0.05) is 13.6 Å². The van der Waals surface area contributed by atoms with E-state index in [0.29, 0.717) is 36.1 Å². The number of amides is 2. The number of allylic oxidation sites excluding steroid dienone is 1. The van der Waals surface area contributed by atoms with Crippen LogP contribution in [-0.2, 0) is 28.5 Å². The van der Waals surface area contributed by atoms with Crippen molar-refractivity contribution in [2.45, 2.75) is 70.6 Å². The zero-order chi connectivity index (χ0) is 35.4. The second-order valence-electron chi connectivity index (χ2n) is 12.4. The Morgan fingerprint density at radius 1 is 1.02 bits per heavy atom. The number of piperidine rings is 1. The third kappa shape index (κ3) is 8.56. The molecule has 258 valence electrons. The molecule has 3 atom stereocenters. The average molecular weight is 679 g/mol. The second kappa shape index (κ2) is 14.4. The van der Waals surface area contributed by atoms with Crippen LogP contribution >= 0.6 is 0 Å². The maximum atomic E-state index is 14.2. The number of likely N-dealkylation sites (tertiary alicyclic amines) is 1. The first kappa shape index (κ1) is 36.5. The first-order chi connectivity index (χ1) is 22.4. The number of carbonyl (C=O) groups is 2. The summed E-state index contributed by atoms with van der Waals surface area (Å²) in [6, 6.07) is 11.9. The number of rotatable bonds is 9. The number of alkyl halides is 6. The third-order valence-electron chi connectivity index (χ3n) is 9.04. The molecule has 48 heavy (non-hydrogen) atoms. The molecule has 1 saturated heterocycles. The Bertz CT molecular complexity index is 1590. The topological polar surface area (TPSA) is 49.9 Å². The van der Waals surface area contributed by atoms with E-state index in [1.54, 1.807) is 19.1 Å². The Morgan fingerprint density at radius 2 is 1.65 bits per heavy atom. The van der Waals surface area contributed by atoms with Crippen LogP contribution in [0.25, 0.3) is 0 Å². The van der Waals surface area contributed by atoms with E-state index in [-0.39, 0.29) is 37.6 Å². The van der Waals surface area contributed by atoms with Crippen molar-refractivity contribution in [3.05, 3.63) is 119 Å². The van der Waals surface area contributed by atoms with Crippen LogP contribution in [0.2, 0.25) is 0 Å². The van der Waals surface area contributed by atoms with Gasteiger partial charge in [-0.2, -0.15) is 26.3 Å². The molecule has 12 heteroatoms. The summed E-state index contributed by atoms with van der Waals surface area (Å²) in [6.07, 6.45) is -7.46. The smallest absolute Gasteiger partial charge is 0.416 e. The molecule has 3 aromatic rings. The number of urea groups is 1. The number of esters is 1. The molecule has 5 nitrogen and oxygen atoms in total. The number of aryl methyl sites for hydroxylation is 1. The first-order valence-electron chi connectivity index (χ1n) is 15.3. The van der Waals surface area contributed by atoms with E-state index in [9.17, 15) is 40.3 Å². The monoisotopic (exact) mass is 678 g/mol. The standard InChI is InChI=1S/C36H37F7N2O3/c1-5-13-34(21-32(46)48-22-25-9-7-6-8-10-25)14-15-45(31(20-34)30-12-11-29(37)16-23(30)2)33(47)44(4)24(3)26-17-27(35(38,39)40)19-28(18-26)36(41,42)43/h5-12,16-19,24,31H,1,13-15,20-22H2,2-4H3/t24?,31-,34+/m1/s1. The maximum absolute atomic E-state index is 14.2. The number of hydrogen-bond donors (Lipinski definition) is 0.